The number of nitrogens with zero attached hydrogens (tertiary/aromatic N) is 2. The highest BCUT2D eigenvalue weighted by molar-refractivity contribution is 7.89. The van der Waals surface area contributed by atoms with Crippen molar-refractivity contribution in [1.29, 1.82) is 0 Å². The molecule has 1 amide bonds. The molecule has 8 heteroatoms. The summed E-state index contributed by atoms with van der Waals surface area (Å²) in [6.45, 7) is 5.51. The van der Waals surface area contributed by atoms with Crippen LogP contribution in [0.1, 0.15) is 33.4 Å². The normalized spacial score (nSPS) is 11.6. The lowest BCUT2D eigenvalue weighted by atomic mass is 10.1. The topological polar surface area (TPSA) is 88.1 Å². The highest BCUT2D eigenvalue weighted by atomic mass is 32.2. The monoisotopic (exact) mass is 555 g/mol. The number of ether oxygens (including phenoxy) is 1. The zero-order valence-corrected chi connectivity index (χ0v) is 23.7. The van der Waals surface area contributed by atoms with E-state index in [0.717, 1.165) is 16.7 Å². The molecule has 0 bridgehead atoms. The third kappa shape index (κ3) is 7.43. The van der Waals surface area contributed by atoms with Gasteiger partial charge in [-0.25, -0.2) is 13.8 Å². The second kappa shape index (κ2) is 13.2. The summed E-state index contributed by atoms with van der Waals surface area (Å²) < 4.78 is 34.8. The summed E-state index contributed by atoms with van der Waals surface area (Å²) in [4.78, 5) is 13.2. The first-order valence-electron chi connectivity index (χ1n) is 12.9. The van der Waals surface area contributed by atoms with E-state index < -0.39 is 22.5 Å². The maximum atomic E-state index is 13.8. The smallest absolute Gasteiger partial charge is 0.255 e. The lowest BCUT2D eigenvalue weighted by molar-refractivity contribution is -0.121. The molecule has 0 aliphatic carbocycles. The molecule has 4 aromatic carbocycles. The molecular weight excluding hydrogens is 522 g/mol. The fourth-order valence-electron chi connectivity index (χ4n) is 4.54. The van der Waals surface area contributed by atoms with E-state index in [0.29, 0.717) is 29.0 Å². The minimum absolute atomic E-state index is 0.0449. The number of carbonyl (C=O) groups is 1. The fraction of sp³-hybridized carbons (Fsp3) is 0.188. The summed E-state index contributed by atoms with van der Waals surface area (Å²) in [7, 11) is -3.99. The Hall–Kier alpha value is -4.27. The van der Waals surface area contributed by atoms with Gasteiger partial charge in [0.15, 0.2) is 0 Å². The third-order valence-corrected chi connectivity index (χ3v) is 8.37. The molecule has 0 radical (unpaired) electrons. The highest BCUT2D eigenvalue weighted by Crippen LogP contribution is 2.26. The number of benzene rings is 4. The Balaban J connectivity index is 1.50. The number of nitrogens with one attached hydrogen (secondary N) is 1. The maximum Gasteiger partial charge on any atom is 0.255 e. The SMILES string of the molecule is Cc1cc(C)c(S(=O)(=O)N(CC(=O)N/N=C\c2ccccc2OCc2ccccc2)Cc2ccccc2)c(C)c1. The summed E-state index contributed by atoms with van der Waals surface area (Å²) in [6, 6.07) is 30.0. The Morgan fingerprint density at radius 3 is 2.08 bits per heavy atom. The van der Waals surface area contributed by atoms with Gasteiger partial charge in [0.2, 0.25) is 10.0 Å². The molecule has 4 rings (SSSR count). The van der Waals surface area contributed by atoms with E-state index in [2.05, 4.69) is 10.5 Å². The van der Waals surface area contributed by atoms with Gasteiger partial charge >= 0.3 is 0 Å². The van der Waals surface area contributed by atoms with E-state index >= 15 is 0 Å². The zero-order chi connectivity index (χ0) is 28.5. The summed E-state index contributed by atoms with van der Waals surface area (Å²) in [5.74, 6) is 0.0591. The Morgan fingerprint density at radius 2 is 1.43 bits per heavy atom. The van der Waals surface area contributed by atoms with Crippen molar-refractivity contribution in [3.63, 3.8) is 0 Å². The molecule has 0 aliphatic heterocycles. The van der Waals surface area contributed by atoms with E-state index in [1.165, 1.54) is 10.5 Å². The van der Waals surface area contributed by atoms with Crippen LogP contribution in [0.2, 0.25) is 0 Å². The number of sulfonamides is 1. The molecule has 0 atom stereocenters. The van der Waals surface area contributed by atoms with Gasteiger partial charge in [-0.1, -0.05) is 90.5 Å². The average Bonchev–Trinajstić information content (AvgIpc) is 2.92. The number of aryl methyl sites for hydroxylation is 3. The van der Waals surface area contributed by atoms with Crippen molar-refractivity contribution in [1.82, 2.24) is 9.73 Å². The van der Waals surface area contributed by atoms with Gasteiger partial charge in [0.1, 0.15) is 12.4 Å². The van der Waals surface area contributed by atoms with Crippen LogP contribution in [0, 0.1) is 20.8 Å². The molecule has 7 nitrogen and oxygen atoms in total. The van der Waals surface area contributed by atoms with E-state index in [4.69, 9.17) is 4.74 Å². The molecule has 0 aromatic heterocycles. The van der Waals surface area contributed by atoms with Gasteiger partial charge in [0.05, 0.1) is 17.7 Å². The second-order valence-electron chi connectivity index (χ2n) is 9.59. The van der Waals surface area contributed by atoms with Gasteiger partial charge in [-0.15, -0.1) is 0 Å². The van der Waals surface area contributed by atoms with Crippen molar-refractivity contribution < 1.29 is 17.9 Å². The predicted octanol–water partition coefficient (Wildman–Crippen LogP) is 5.53. The van der Waals surface area contributed by atoms with Crippen LogP contribution in [-0.2, 0) is 28.0 Å². The quantitative estimate of drug-likeness (QED) is 0.195. The van der Waals surface area contributed by atoms with Gasteiger partial charge in [0.25, 0.3) is 5.91 Å². The first kappa shape index (κ1) is 28.7. The van der Waals surface area contributed by atoms with E-state index in [-0.39, 0.29) is 11.4 Å². The Morgan fingerprint density at radius 1 is 0.850 bits per heavy atom. The number of amides is 1. The molecular formula is C32H33N3O4S. The largest absolute Gasteiger partial charge is 0.488 e. The number of rotatable bonds is 11. The molecule has 1 N–H and O–H groups in total. The van der Waals surface area contributed by atoms with Gasteiger partial charge in [-0.2, -0.15) is 9.41 Å². The van der Waals surface area contributed by atoms with Crippen LogP contribution in [-0.4, -0.2) is 31.4 Å². The Labute approximate surface area is 236 Å². The van der Waals surface area contributed by atoms with Crippen LogP contribution in [0.25, 0.3) is 0 Å². The lowest BCUT2D eigenvalue weighted by Gasteiger charge is -2.24. The molecule has 0 fully saturated rings. The standard InChI is InChI=1S/C32H33N3O4S/c1-24-18-25(2)32(26(3)19-24)40(37,38)35(21-27-12-6-4-7-13-27)22-31(36)34-33-20-29-16-10-11-17-30(29)39-23-28-14-8-5-9-15-28/h4-20H,21-23H2,1-3H3,(H,34,36)/b33-20-. The lowest BCUT2D eigenvalue weighted by Crippen LogP contribution is -2.39. The van der Waals surface area contributed by atoms with Crippen LogP contribution in [0.4, 0.5) is 0 Å². The van der Waals surface area contributed by atoms with Gasteiger partial charge in [-0.05, 0) is 55.2 Å². The predicted molar refractivity (Wildman–Crippen MR) is 158 cm³/mol. The van der Waals surface area contributed by atoms with E-state index in [1.807, 2.05) is 104 Å². The summed E-state index contributed by atoms with van der Waals surface area (Å²) in [6.07, 6.45) is 1.49. The van der Waals surface area contributed by atoms with Crippen LogP contribution in [0.15, 0.2) is 107 Å². The Bertz CT molecular complexity index is 1560. The van der Waals surface area contributed by atoms with Crippen molar-refractivity contribution in [3.05, 3.63) is 130 Å². The highest BCUT2D eigenvalue weighted by Gasteiger charge is 2.30. The summed E-state index contributed by atoms with van der Waals surface area (Å²) in [5, 5.41) is 4.09. The van der Waals surface area contributed by atoms with Crippen LogP contribution < -0.4 is 10.2 Å². The van der Waals surface area contributed by atoms with Gasteiger partial charge in [-0.3, -0.25) is 4.79 Å². The first-order valence-corrected chi connectivity index (χ1v) is 14.4. The molecule has 0 unspecified atom stereocenters. The minimum atomic E-state index is -3.99. The Kier molecular flexibility index (Phi) is 9.47. The minimum Gasteiger partial charge on any atom is -0.488 e. The number of carbonyl (C=O) groups excluding carboxylic acids is 1. The van der Waals surface area contributed by atoms with Crippen LogP contribution >= 0.6 is 0 Å². The number of hydrogen-bond donors (Lipinski definition) is 1. The van der Waals surface area contributed by atoms with Crippen molar-refractivity contribution in [2.45, 2.75) is 38.8 Å². The van der Waals surface area contributed by atoms with E-state index in [1.54, 1.807) is 13.8 Å². The molecule has 0 heterocycles. The van der Waals surface area contributed by atoms with Crippen molar-refractivity contribution in [2.24, 2.45) is 5.10 Å². The number of hydrazone groups is 1. The van der Waals surface area contributed by atoms with Crippen molar-refractivity contribution in [3.8, 4) is 5.75 Å². The fourth-order valence-corrected chi connectivity index (χ4v) is 6.34. The first-order chi connectivity index (χ1) is 19.2. The number of hydrogen-bond acceptors (Lipinski definition) is 5. The number of para-hydroxylation sites is 1. The van der Waals surface area contributed by atoms with E-state index in [9.17, 15) is 13.2 Å². The molecule has 206 valence electrons. The molecule has 40 heavy (non-hydrogen) atoms. The molecule has 4 aromatic rings. The maximum absolute atomic E-state index is 13.8. The second-order valence-corrected chi connectivity index (χ2v) is 11.5. The molecule has 0 saturated heterocycles. The molecule has 0 spiro atoms. The zero-order valence-electron chi connectivity index (χ0n) is 22.9. The van der Waals surface area contributed by atoms with Gasteiger partial charge in [0, 0.05) is 12.1 Å². The summed E-state index contributed by atoms with van der Waals surface area (Å²) >= 11 is 0. The van der Waals surface area contributed by atoms with Crippen molar-refractivity contribution in [2.75, 3.05) is 6.54 Å². The van der Waals surface area contributed by atoms with Gasteiger partial charge < -0.3 is 4.74 Å². The molecule has 0 saturated carbocycles. The molecule has 0 aliphatic rings. The van der Waals surface area contributed by atoms with Crippen LogP contribution in [0.3, 0.4) is 0 Å². The average molecular weight is 556 g/mol. The van der Waals surface area contributed by atoms with Crippen LogP contribution in [0.5, 0.6) is 5.75 Å². The summed E-state index contributed by atoms with van der Waals surface area (Å²) in [5.41, 5.74) is 7.22. The van der Waals surface area contributed by atoms with Crippen molar-refractivity contribution >= 4 is 22.1 Å². The third-order valence-electron chi connectivity index (χ3n) is 6.27.